The molecule has 2 N–H and O–H groups in total. The van der Waals surface area contributed by atoms with E-state index in [-0.39, 0.29) is 24.1 Å². The third-order valence-corrected chi connectivity index (χ3v) is 4.18. The summed E-state index contributed by atoms with van der Waals surface area (Å²) in [5.74, 6) is -0.0138. The minimum atomic E-state index is -0.266. The number of carbonyl (C=O) groups is 1. The van der Waals surface area contributed by atoms with Gasteiger partial charge in [-0.3, -0.25) is 4.79 Å². The van der Waals surface area contributed by atoms with Crippen molar-refractivity contribution in [2.75, 3.05) is 13.2 Å². The van der Waals surface area contributed by atoms with E-state index in [0.717, 1.165) is 6.42 Å². The molecule has 1 aromatic heterocycles. The number of aliphatic hydroxyl groups is 1. The maximum absolute atomic E-state index is 12.3. The largest absolute Gasteiger partial charge is 0.396 e. The van der Waals surface area contributed by atoms with E-state index in [9.17, 15) is 4.79 Å². The molecule has 124 valence electrons. The Balaban J connectivity index is 2.13. The molecule has 0 saturated heterocycles. The van der Waals surface area contributed by atoms with Gasteiger partial charge in [-0.1, -0.05) is 42.3 Å². The molecule has 0 aliphatic heterocycles. The van der Waals surface area contributed by atoms with Crippen molar-refractivity contribution in [1.29, 1.82) is 0 Å². The Morgan fingerprint density at radius 3 is 2.83 bits per heavy atom. The summed E-state index contributed by atoms with van der Waals surface area (Å²) in [7, 11) is 0. The van der Waals surface area contributed by atoms with Gasteiger partial charge in [0.25, 0.3) is 5.91 Å². The second kappa shape index (κ2) is 8.08. The van der Waals surface area contributed by atoms with E-state index < -0.39 is 0 Å². The first-order chi connectivity index (χ1) is 11.1. The summed E-state index contributed by atoms with van der Waals surface area (Å²) in [6.45, 7) is 4.44. The number of rotatable bonds is 7. The van der Waals surface area contributed by atoms with Crippen molar-refractivity contribution in [3.05, 3.63) is 40.7 Å². The molecular formula is C16H21ClN4O2. The standard InChI is InChI=1S/C16H21ClN4O2/c1-3-12(8-9-22)10-18-16(23)15-11(2)21(20-19-15)14-7-5-4-6-13(14)17/h4-7,12,22H,3,8-10H2,1-2H3,(H,18,23)/t12-/m1/s1. The normalized spacial score (nSPS) is 12.2. The summed E-state index contributed by atoms with van der Waals surface area (Å²) < 4.78 is 1.56. The molecule has 1 heterocycles. The predicted octanol–water partition coefficient (Wildman–Crippen LogP) is 2.37. The van der Waals surface area contributed by atoms with Gasteiger partial charge in [-0.25, -0.2) is 4.68 Å². The van der Waals surface area contributed by atoms with Crippen LogP contribution in [0, 0.1) is 12.8 Å². The number of halogens is 1. The number of nitrogens with one attached hydrogen (secondary N) is 1. The molecule has 0 aliphatic carbocycles. The average molecular weight is 337 g/mol. The van der Waals surface area contributed by atoms with Crippen molar-refractivity contribution in [3.63, 3.8) is 0 Å². The van der Waals surface area contributed by atoms with Crippen LogP contribution in [0.1, 0.15) is 35.9 Å². The lowest BCUT2D eigenvalue weighted by atomic mass is 10.0. The summed E-state index contributed by atoms with van der Waals surface area (Å²) in [6.07, 6.45) is 1.56. The maximum atomic E-state index is 12.3. The van der Waals surface area contributed by atoms with Crippen LogP contribution in [-0.4, -0.2) is 39.2 Å². The van der Waals surface area contributed by atoms with Crippen molar-refractivity contribution >= 4 is 17.5 Å². The van der Waals surface area contributed by atoms with Gasteiger partial charge in [0.15, 0.2) is 5.69 Å². The topological polar surface area (TPSA) is 80.0 Å². The van der Waals surface area contributed by atoms with Crippen LogP contribution in [0.3, 0.4) is 0 Å². The number of amides is 1. The van der Waals surface area contributed by atoms with Gasteiger partial charge in [0, 0.05) is 13.2 Å². The Kier molecular flexibility index (Phi) is 6.12. The van der Waals surface area contributed by atoms with Gasteiger partial charge in [0.2, 0.25) is 0 Å². The third-order valence-electron chi connectivity index (χ3n) is 3.86. The fourth-order valence-corrected chi connectivity index (χ4v) is 2.56. The van der Waals surface area contributed by atoms with Gasteiger partial charge in [0.05, 0.1) is 16.4 Å². The molecule has 2 rings (SSSR count). The minimum Gasteiger partial charge on any atom is -0.396 e. The molecule has 0 bridgehead atoms. The van der Waals surface area contributed by atoms with Crippen molar-refractivity contribution in [2.45, 2.75) is 26.7 Å². The van der Waals surface area contributed by atoms with Crippen LogP contribution in [0.15, 0.2) is 24.3 Å². The van der Waals surface area contributed by atoms with Gasteiger partial charge in [-0.15, -0.1) is 5.10 Å². The number of hydrogen-bond acceptors (Lipinski definition) is 4. The highest BCUT2D eigenvalue weighted by Crippen LogP contribution is 2.21. The SMILES string of the molecule is CC[C@H](CCO)CNC(=O)c1nnn(-c2ccccc2Cl)c1C. The zero-order valence-electron chi connectivity index (χ0n) is 13.3. The zero-order valence-corrected chi connectivity index (χ0v) is 14.0. The molecule has 0 unspecified atom stereocenters. The Labute approximate surface area is 140 Å². The number of hydrogen-bond donors (Lipinski definition) is 2. The zero-order chi connectivity index (χ0) is 16.8. The molecule has 1 aromatic carbocycles. The summed E-state index contributed by atoms with van der Waals surface area (Å²) in [5, 5.41) is 20.4. The second-order valence-electron chi connectivity index (χ2n) is 5.38. The summed E-state index contributed by atoms with van der Waals surface area (Å²) >= 11 is 6.16. The van der Waals surface area contributed by atoms with Gasteiger partial charge in [-0.05, 0) is 31.4 Å². The van der Waals surface area contributed by atoms with Crippen LogP contribution < -0.4 is 5.32 Å². The van der Waals surface area contributed by atoms with Crippen LogP contribution in [0.2, 0.25) is 5.02 Å². The Bertz CT molecular complexity index is 672. The smallest absolute Gasteiger partial charge is 0.273 e. The van der Waals surface area contributed by atoms with Crippen molar-refractivity contribution in [2.24, 2.45) is 5.92 Å². The second-order valence-corrected chi connectivity index (χ2v) is 5.79. The number of benzene rings is 1. The van der Waals surface area contributed by atoms with Crippen molar-refractivity contribution < 1.29 is 9.90 Å². The quantitative estimate of drug-likeness (QED) is 0.813. The molecular weight excluding hydrogens is 316 g/mol. The molecule has 1 atom stereocenters. The van der Waals surface area contributed by atoms with Gasteiger partial charge in [-0.2, -0.15) is 0 Å². The maximum Gasteiger partial charge on any atom is 0.273 e. The van der Waals surface area contributed by atoms with Gasteiger partial charge < -0.3 is 10.4 Å². The highest BCUT2D eigenvalue weighted by atomic mass is 35.5. The molecule has 0 aliphatic rings. The summed E-state index contributed by atoms with van der Waals surface area (Å²) in [5.41, 5.74) is 1.60. The first kappa shape index (κ1) is 17.4. The molecule has 0 radical (unpaired) electrons. The van der Waals surface area contributed by atoms with E-state index in [1.54, 1.807) is 17.7 Å². The minimum absolute atomic E-state index is 0.121. The molecule has 1 amide bonds. The lowest BCUT2D eigenvalue weighted by molar-refractivity contribution is 0.0938. The van der Waals surface area contributed by atoms with E-state index in [1.165, 1.54) is 0 Å². The lowest BCUT2D eigenvalue weighted by Crippen LogP contribution is -2.30. The molecule has 23 heavy (non-hydrogen) atoms. The number of aromatic nitrogens is 3. The van der Waals surface area contributed by atoms with E-state index in [4.69, 9.17) is 16.7 Å². The number of carbonyl (C=O) groups excluding carboxylic acids is 1. The van der Waals surface area contributed by atoms with Gasteiger partial charge >= 0.3 is 0 Å². The summed E-state index contributed by atoms with van der Waals surface area (Å²) in [6, 6.07) is 7.26. The average Bonchev–Trinajstić information content (AvgIpc) is 2.93. The van der Waals surface area contributed by atoms with Crippen LogP contribution in [0.4, 0.5) is 0 Å². The number of nitrogens with zero attached hydrogens (tertiary/aromatic N) is 3. The van der Waals surface area contributed by atoms with E-state index in [1.807, 2.05) is 25.1 Å². The molecule has 6 nitrogen and oxygen atoms in total. The molecule has 0 spiro atoms. The van der Waals surface area contributed by atoms with Gasteiger partial charge in [0.1, 0.15) is 0 Å². The Morgan fingerprint density at radius 2 is 2.17 bits per heavy atom. The van der Waals surface area contributed by atoms with Crippen LogP contribution in [-0.2, 0) is 0 Å². The Hall–Kier alpha value is -1.92. The van der Waals surface area contributed by atoms with Crippen LogP contribution in [0.5, 0.6) is 0 Å². The monoisotopic (exact) mass is 336 g/mol. The fourth-order valence-electron chi connectivity index (χ4n) is 2.35. The van der Waals surface area contributed by atoms with E-state index in [2.05, 4.69) is 15.6 Å². The highest BCUT2D eigenvalue weighted by molar-refractivity contribution is 6.32. The van der Waals surface area contributed by atoms with Crippen LogP contribution in [0.25, 0.3) is 5.69 Å². The highest BCUT2D eigenvalue weighted by Gasteiger charge is 2.19. The first-order valence-electron chi connectivity index (χ1n) is 7.64. The molecule has 0 fully saturated rings. The van der Waals surface area contributed by atoms with Crippen molar-refractivity contribution in [1.82, 2.24) is 20.3 Å². The first-order valence-corrected chi connectivity index (χ1v) is 8.02. The third kappa shape index (κ3) is 4.09. The molecule has 0 saturated carbocycles. The fraction of sp³-hybridized carbons (Fsp3) is 0.438. The van der Waals surface area contributed by atoms with E-state index >= 15 is 0 Å². The predicted molar refractivity (Wildman–Crippen MR) is 88.9 cm³/mol. The lowest BCUT2D eigenvalue weighted by Gasteiger charge is -2.13. The number of aliphatic hydroxyl groups excluding tert-OH is 1. The van der Waals surface area contributed by atoms with Crippen molar-refractivity contribution in [3.8, 4) is 5.69 Å². The number of para-hydroxylation sites is 1. The molecule has 7 heteroatoms. The summed E-state index contributed by atoms with van der Waals surface area (Å²) in [4.78, 5) is 12.3. The van der Waals surface area contributed by atoms with E-state index in [0.29, 0.717) is 29.4 Å². The Morgan fingerprint density at radius 1 is 1.43 bits per heavy atom. The molecule has 2 aromatic rings. The van der Waals surface area contributed by atoms with Crippen LogP contribution >= 0.6 is 11.6 Å².